The van der Waals surface area contributed by atoms with Gasteiger partial charge < -0.3 is 14.9 Å². The summed E-state index contributed by atoms with van der Waals surface area (Å²) < 4.78 is 6.00. The van der Waals surface area contributed by atoms with Crippen LogP contribution in [0.25, 0.3) is 6.08 Å². The van der Waals surface area contributed by atoms with Gasteiger partial charge in [-0.3, -0.25) is 4.79 Å². The van der Waals surface area contributed by atoms with Crippen molar-refractivity contribution < 1.29 is 19.7 Å². The molecule has 0 aliphatic heterocycles. The molecule has 0 heterocycles. The minimum absolute atomic E-state index is 0.117. The van der Waals surface area contributed by atoms with Crippen LogP contribution in [0.5, 0.6) is 17.2 Å². The summed E-state index contributed by atoms with van der Waals surface area (Å²) in [4.78, 5) is 12.6. The number of ketones is 1. The van der Waals surface area contributed by atoms with Crippen LogP contribution in [0, 0.1) is 0 Å². The second-order valence-corrected chi connectivity index (χ2v) is 6.92. The van der Waals surface area contributed by atoms with Gasteiger partial charge in [0.25, 0.3) is 0 Å². The lowest BCUT2D eigenvalue weighted by atomic mass is 9.97. The average Bonchev–Trinajstić information content (AvgIpc) is 2.75. The predicted molar refractivity (Wildman–Crippen MR) is 122 cm³/mol. The average molecular weight is 407 g/mol. The van der Waals surface area contributed by atoms with Gasteiger partial charge in [0.05, 0.1) is 6.61 Å². The van der Waals surface area contributed by atoms with Crippen LogP contribution >= 0.6 is 0 Å². The molecule has 0 aromatic heterocycles. The lowest BCUT2D eigenvalue weighted by Gasteiger charge is -2.17. The third-order valence-electron chi connectivity index (χ3n) is 4.60. The molecule has 2 rings (SSSR count). The zero-order valence-corrected chi connectivity index (χ0v) is 17.9. The van der Waals surface area contributed by atoms with Crippen LogP contribution in [0.15, 0.2) is 60.7 Å². The summed E-state index contributed by atoms with van der Waals surface area (Å²) in [5.41, 5.74) is 2.75. The zero-order chi connectivity index (χ0) is 21.9. The largest absolute Gasteiger partial charge is 0.508 e. The number of hydrogen-bond donors (Lipinski definition) is 2. The molecule has 0 saturated carbocycles. The SMILES string of the molecule is C/C=C/Cc1cc(/C=C/C(=O)c2ccc(O)cc2)c(OCCC)c(C/C=C/C)c1O. The number of aromatic hydroxyl groups is 2. The fourth-order valence-corrected chi connectivity index (χ4v) is 3.01. The van der Waals surface area contributed by atoms with Crippen LogP contribution < -0.4 is 4.74 Å². The van der Waals surface area contributed by atoms with Gasteiger partial charge in [-0.1, -0.05) is 31.2 Å². The fourth-order valence-electron chi connectivity index (χ4n) is 3.01. The summed E-state index contributed by atoms with van der Waals surface area (Å²) in [5, 5.41) is 20.3. The molecule has 0 spiro atoms. The van der Waals surface area contributed by atoms with Crippen molar-refractivity contribution in [3.05, 3.63) is 83.0 Å². The summed E-state index contributed by atoms with van der Waals surface area (Å²) in [5.74, 6) is 0.784. The highest BCUT2D eigenvalue weighted by Crippen LogP contribution is 2.37. The first-order valence-electron chi connectivity index (χ1n) is 10.3. The molecule has 0 radical (unpaired) electrons. The highest BCUT2D eigenvalue weighted by molar-refractivity contribution is 6.07. The maximum absolute atomic E-state index is 12.6. The van der Waals surface area contributed by atoms with Gasteiger partial charge in [0, 0.05) is 16.7 Å². The Morgan fingerprint density at radius 1 is 1.03 bits per heavy atom. The number of carbonyl (C=O) groups is 1. The first kappa shape index (κ1) is 23.0. The van der Waals surface area contributed by atoms with Crippen molar-refractivity contribution >= 4 is 11.9 Å². The smallest absolute Gasteiger partial charge is 0.185 e. The molecule has 158 valence electrons. The maximum Gasteiger partial charge on any atom is 0.185 e. The van der Waals surface area contributed by atoms with E-state index in [2.05, 4.69) is 0 Å². The molecular weight excluding hydrogens is 376 g/mol. The second-order valence-electron chi connectivity index (χ2n) is 6.92. The molecule has 0 saturated heterocycles. The number of phenolic OH excluding ortho intramolecular Hbond substituents is 2. The highest BCUT2D eigenvalue weighted by atomic mass is 16.5. The number of carbonyl (C=O) groups excluding carboxylic acids is 1. The number of ether oxygens (including phenoxy) is 1. The minimum atomic E-state index is -0.172. The molecule has 2 N–H and O–H groups in total. The van der Waals surface area contributed by atoms with E-state index in [1.807, 2.05) is 51.1 Å². The van der Waals surface area contributed by atoms with Crippen molar-refractivity contribution in [2.24, 2.45) is 0 Å². The van der Waals surface area contributed by atoms with Crippen molar-refractivity contribution in [3.63, 3.8) is 0 Å². The topological polar surface area (TPSA) is 66.8 Å². The van der Waals surface area contributed by atoms with Gasteiger partial charge in [-0.25, -0.2) is 0 Å². The molecule has 0 fully saturated rings. The van der Waals surface area contributed by atoms with Crippen molar-refractivity contribution in [2.75, 3.05) is 6.61 Å². The highest BCUT2D eigenvalue weighted by Gasteiger charge is 2.17. The Balaban J connectivity index is 2.52. The fraction of sp³-hybridized carbons (Fsp3) is 0.269. The molecule has 0 unspecified atom stereocenters. The van der Waals surface area contributed by atoms with Gasteiger partial charge >= 0.3 is 0 Å². The van der Waals surface area contributed by atoms with E-state index >= 15 is 0 Å². The van der Waals surface area contributed by atoms with E-state index < -0.39 is 0 Å². The van der Waals surface area contributed by atoms with Crippen LogP contribution in [0.1, 0.15) is 54.2 Å². The summed E-state index contributed by atoms with van der Waals surface area (Å²) in [6.07, 6.45) is 13.0. The van der Waals surface area contributed by atoms with Gasteiger partial charge in [0.2, 0.25) is 0 Å². The van der Waals surface area contributed by atoms with E-state index in [4.69, 9.17) is 4.74 Å². The Morgan fingerprint density at radius 2 is 1.70 bits per heavy atom. The Kier molecular flexibility index (Phi) is 8.95. The predicted octanol–water partition coefficient (Wildman–Crippen LogP) is 6.02. The summed E-state index contributed by atoms with van der Waals surface area (Å²) in [7, 11) is 0. The van der Waals surface area contributed by atoms with Gasteiger partial charge in [0.15, 0.2) is 5.78 Å². The van der Waals surface area contributed by atoms with Crippen molar-refractivity contribution in [2.45, 2.75) is 40.0 Å². The molecule has 0 bridgehead atoms. The van der Waals surface area contributed by atoms with Crippen molar-refractivity contribution in [1.29, 1.82) is 0 Å². The Hall–Kier alpha value is -3.27. The van der Waals surface area contributed by atoms with Crippen LogP contribution in [0.3, 0.4) is 0 Å². The van der Waals surface area contributed by atoms with Crippen molar-refractivity contribution in [3.8, 4) is 17.2 Å². The minimum Gasteiger partial charge on any atom is -0.508 e. The van der Waals surface area contributed by atoms with Gasteiger partial charge in [-0.2, -0.15) is 0 Å². The lowest BCUT2D eigenvalue weighted by molar-refractivity contribution is 0.104. The van der Waals surface area contributed by atoms with E-state index in [-0.39, 0.29) is 17.3 Å². The number of benzene rings is 2. The lowest BCUT2D eigenvalue weighted by Crippen LogP contribution is -2.03. The molecule has 4 heteroatoms. The van der Waals surface area contributed by atoms with Crippen molar-refractivity contribution in [1.82, 2.24) is 0 Å². The Bertz CT molecular complexity index is 934. The standard InChI is InChI=1S/C26H30O4/c1-4-7-9-20-18-21(13-16-24(28)19-11-14-22(27)15-12-19)26(30-17-6-3)23(25(20)29)10-8-5-2/h4-5,7-8,11-16,18,27,29H,6,9-10,17H2,1-3H3/b7-4+,8-5+,16-13+. The van der Waals surface area contributed by atoms with E-state index in [1.54, 1.807) is 18.2 Å². The van der Waals surface area contributed by atoms with E-state index in [0.29, 0.717) is 30.8 Å². The quantitative estimate of drug-likeness (QED) is 0.288. The first-order valence-corrected chi connectivity index (χ1v) is 10.3. The molecule has 0 aliphatic rings. The van der Waals surface area contributed by atoms with Crippen LogP contribution in [-0.4, -0.2) is 22.6 Å². The second kappa shape index (κ2) is 11.7. The number of phenols is 2. The van der Waals surface area contributed by atoms with Crippen LogP contribution in [-0.2, 0) is 12.8 Å². The summed E-state index contributed by atoms with van der Waals surface area (Å²) >= 11 is 0. The third kappa shape index (κ3) is 6.11. The van der Waals surface area contributed by atoms with E-state index in [0.717, 1.165) is 23.1 Å². The molecule has 30 heavy (non-hydrogen) atoms. The summed E-state index contributed by atoms with van der Waals surface area (Å²) in [6, 6.07) is 8.02. The van der Waals surface area contributed by atoms with E-state index in [9.17, 15) is 15.0 Å². The number of rotatable bonds is 10. The normalized spacial score (nSPS) is 11.7. The monoisotopic (exact) mass is 406 g/mol. The van der Waals surface area contributed by atoms with Gasteiger partial charge in [-0.15, -0.1) is 0 Å². The third-order valence-corrected chi connectivity index (χ3v) is 4.60. The number of hydrogen-bond acceptors (Lipinski definition) is 4. The van der Waals surface area contributed by atoms with Crippen LogP contribution in [0.4, 0.5) is 0 Å². The zero-order valence-electron chi connectivity index (χ0n) is 17.9. The summed E-state index contributed by atoms with van der Waals surface area (Å²) in [6.45, 7) is 6.41. The number of allylic oxidation sites excluding steroid dienone is 5. The Morgan fingerprint density at radius 3 is 2.33 bits per heavy atom. The molecule has 0 atom stereocenters. The molecule has 0 aliphatic carbocycles. The first-order chi connectivity index (χ1) is 14.5. The molecular formula is C26H30O4. The molecule has 0 amide bonds. The van der Waals surface area contributed by atoms with Gasteiger partial charge in [0.1, 0.15) is 17.2 Å². The van der Waals surface area contributed by atoms with Gasteiger partial charge in [-0.05, 0) is 81.2 Å². The maximum atomic E-state index is 12.6. The Labute approximate surface area is 178 Å². The molecule has 2 aromatic rings. The van der Waals surface area contributed by atoms with Crippen LogP contribution in [0.2, 0.25) is 0 Å². The molecule has 4 nitrogen and oxygen atoms in total. The van der Waals surface area contributed by atoms with E-state index in [1.165, 1.54) is 18.2 Å². The molecule has 2 aromatic carbocycles.